The largest absolute Gasteiger partial charge is 0.481 e. The summed E-state index contributed by atoms with van der Waals surface area (Å²) in [5.41, 5.74) is -0.0581. The van der Waals surface area contributed by atoms with Gasteiger partial charge < -0.3 is 10.4 Å². The molecule has 0 saturated heterocycles. The number of carboxylic acid groups (broad SMARTS) is 1. The maximum atomic E-state index is 11.8. The molecule has 0 aromatic rings. The Kier molecular flexibility index (Phi) is 4.54. The quantitative estimate of drug-likeness (QED) is 0.796. The van der Waals surface area contributed by atoms with E-state index in [1.165, 1.54) is 0 Å². The molecule has 2 atom stereocenters. The lowest BCUT2D eigenvalue weighted by Gasteiger charge is -2.30. The number of amides is 1. The van der Waals surface area contributed by atoms with Crippen LogP contribution in [0.5, 0.6) is 0 Å². The van der Waals surface area contributed by atoms with E-state index in [0.717, 1.165) is 19.3 Å². The molecule has 4 heteroatoms. The molecule has 0 heterocycles. The van der Waals surface area contributed by atoms with Crippen LogP contribution in [-0.4, -0.2) is 23.0 Å². The van der Waals surface area contributed by atoms with E-state index in [0.29, 0.717) is 12.8 Å². The number of nitrogens with one attached hydrogen (secondary N) is 1. The van der Waals surface area contributed by atoms with Gasteiger partial charge in [0.05, 0.1) is 5.92 Å². The summed E-state index contributed by atoms with van der Waals surface area (Å²) >= 11 is 0. The van der Waals surface area contributed by atoms with Crippen molar-refractivity contribution < 1.29 is 14.7 Å². The van der Waals surface area contributed by atoms with Crippen molar-refractivity contribution >= 4 is 11.9 Å². The average Bonchev–Trinajstić information content (AvgIpc) is 2.14. The molecular weight excluding hydrogens is 218 g/mol. The molecular formula is C13H23NO3. The third-order valence-electron chi connectivity index (χ3n) is 3.12. The fraction of sp³-hybridized carbons (Fsp3) is 0.846. The van der Waals surface area contributed by atoms with E-state index in [9.17, 15) is 9.59 Å². The van der Waals surface area contributed by atoms with Crippen molar-refractivity contribution in [3.8, 4) is 0 Å². The molecule has 0 aliphatic heterocycles. The van der Waals surface area contributed by atoms with Crippen molar-refractivity contribution in [2.45, 2.75) is 58.9 Å². The lowest BCUT2D eigenvalue weighted by atomic mass is 9.84. The van der Waals surface area contributed by atoms with Gasteiger partial charge in [-0.2, -0.15) is 0 Å². The molecule has 1 saturated carbocycles. The van der Waals surface area contributed by atoms with E-state index in [2.05, 4.69) is 5.32 Å². The summed E-state index contributed by atoms with van der Waals surface area (Å²) < 4.78 is 0. The van der Waals surface area contributed by atoms with Crippen LogP contribution in [-0.2, 0) is 9.59 Å². The van der Waals surface area contributed by atoms with Crippen molar-refractivity contribution in [3.63, 3.8) is 0 Å². The van der Waals surface area contributed by atoms with Crippen molar-refractivity contribution in [2.24, 2.45) is 11.3 Å². The van der Waals surface area contributed by atoms with E-state index >= 15 is 0 Å². The van der Waals surface area contributed by atoms with Gasteiger partial charge in [-0.3, -0.25) is 9.59 Å². The second kappa shape index (κ2) is 5.52. The van der Waals surface area contributed by atoms with Gasteiger partial charge in [-0.15, -0.1) is 0 Å². The molecule has 0 radical (unpaired) electrons. The van der Waals surface area contributed by atoms with Gasteiger partial charge in [0.1, 0.15) is 0 Å². The maximum absolute atomic E-state index is 11.8. The molecule has 1 amide bonds. The number of carbonyl (C=O) groups is 2. The van der Waals surface area contributed by atoms with E-state index in [1.807, 2.05) is 20.8 Å². The Labute approximate surface area is 103 Å². The van der Waals surface area contributed by atoms with Crippen molar-refractivity contribution in [1.29, 1.82) is 0 Å². The summed E-state index contributed by atoms with van der Waals surface area (Å²) in [6, 6.07) is -0.184. The number of rotatable bonds is 3. The zero-order chi connectivity index (χ0) is 13.1. The van der Waals surface area contributed by atoms with Crippen LogP contribution >= 0.6 is 0 Å². The molecule has 0 aromatic carbocycles. The molecule has 0 spiro atoms. The number of aliphatic carboxylic acids is 1. The first-order valence-electron chi connectivity index (χ1n) is 6.32. The standard InChI is InChI=1S/C13H23NO3/c1-13(2,3)8-11(15)14-10-7-5-4-6-9(10)12(16)17/h9-10H,4-8H2,1-3H3,(H,14,15)(H,16,17). The van der Waals surface area contributed by atoms with E-state index < -0.39 is 11.9 Å². The van der Waals surface area contributed by atoms with Crippen LogP contribution in [0.2, 0.25) is 0 Å². The molecule has 98 valence electrons. The second-order valence-electron chi connectivity index (χ2n) is 6.14. The lowest BCUT2D eigenvalue weighted by molar-refractivity contribution is -0.144. The van der Waals surface area contributed by atoms with E-state index in [-0.39, 0.29) is 17.4 Å². The van der Waals surface area contributed by atoms with Crippen LogP contribution in [0.1, 0.15) is 52.9 Å². The smallest absolute Gasteiger partial charge is 0.308 e. The van der Waals surface area contributed by atoms with Gasteiger partial charge in [0, 0.05) is 12.5 Å². The van der Waals surface area contributed by atoms with Crippen LogP contribution in [0.25, 0.3) is 0 Å². The van der Waals surface area contributed by atoms with Crippen LogP contribution in [0.15, 0.2) is 0 Å². The van der Waals surface area contributed by atoms with Crippen molar-refractivity contribution in [1.82, 2.24) is 5.32 Å². The summed E-state index contributed by atoms with van der Waals surface area (Å²) in [7, 11) is 0. The van der Waals surface area contributed by atoms with Gasteiger partial charge in [-0.25, -0.2) is 0 Å². The molecule has 1 fully saturated rings. The molecule has 1 aliphatic rings. The number of carbonyl (C=O) groups excluding carboxylic acids is 1. The fourth-order valence-corrected chi connectivity index (χ4v) is 2.34. The summed E-state index contributed by atoms with van der Waals surface area (Å²) in [6.45, 7) is 6.01. The minimum absolute atomic E-state index is 0.0318. The molecule has 4 nitrogen and oxygen atoms in total. The highest BCUT2D eigenvalue weighted by Crippen LogP contribution is 2.25. The van der Waals surface area contributed by atoms with Crippen molar-refractivity contribution in [2.75, 3.05) is 0 Å². The topological polar surface area (TPSA) is 66.4 Å². The molecule has 0 aromatic heterocycles. The number of hydrogen-bond acceptors (Lipinski definition) is 2. The zero-order valence-corrected chi connectivity index (χ0v) is 11.0. The van der Waals surface area contributed by atoms with Gasteiger partial charge >= 0.3 is 5.97 Å². The summed E-state index contributed by atoms with van der Waals surface area (Å²) in [6.07, 6.45) is 3.85. The van der Waals surface area contributed by atoms with E-state index in [4.69, 9.17) is 5.11 Å². The number of hydrogen-bond donors (Lipinski definition) is 2. The Bertz CT molecular complexity index is 294. The molecule has 1 rings (SSSR count). The Hall–Kier alpha value is -1.06. The summed E-state index contributed by atoms with van der Waals surface area (Å²) in [5.74, 6) is -1.23. The number of carboxylic acids is 1. The van der Waals surface area contributed by atoms with Gasteiger partial charge in [0.15, 0.2) is 0 Å². The Morgan fingerprint density at radius 3 is 2.35 bits per heavy atom. The Balaban J connectivity index is 2.53. The zero-order valence-electron chi connectivity index (χ0n) is 11.0. The normalized spacial score (nSPS) is 25.4. The predicted molar refractivity (Wildman–Crippen MR) is 65.6 cm³/mol. The monoisotopic (exact) mass is 241 g/mol. The van der Waals surface area contributed by atoms with Crippen LogP contribution < -0.4 is 5.32 Å². The third-order valence-corrected chi connectivity index (χ3v) is 3.12. The minimum atomic E-state index is -0.786. The first-order chi connectivity index (χ1) is 7.79. The Morgan fingerprint density at radius 2 is 1.82 bits per heavy atom. The minimum Gasteiger partial charge on any atom is -0.481 e. The molecule has 17 heavy (non-hydrogen) atoms. The highest BCUT2D eigenvalue weighted by molar-refractivity contribution is 5.78. The van der Waals surface area contributed by atoms with Gasteiger partial charge in [-0.05, 0) is 18.3 Å². The molecule has 2 unspecified atom stereocenters. The first kappa shape index (κ1) is 14.0. The van der Waals surface area contributed by atoms with Crippen LogP contribution in [0, 0.1) is 11.3 Å². The molecule has 0 bridgehead atoms. The fourth-order valence-electron chi connectivity index (χ4n) is 2.34. The van der Waals surface area contributed by atoms with Crippen LogP contribution in [0.4, 0.5) is 0 Å². The highest BCUT2D eigenvalue weighted by Gasteiger charge is 2.32. The SMILES string of the molecule is CC(C)(C)CC(=O)NC1CCCCC1C(=O)O. The molecule has 1 aliphatic carbocycles. The second-order valence-corrected chi connectivity index (χ2v) is 6.14. The van der Waals surface area contributed by atoms with Crippen molar-refractivity contribution in [3.05, 3.63) is 0 Å². The van der Waals surface area contributed by atoms with Gasteiger partial charge in [0.2, 0.25) is 5.91 Å². The van der Waals surface area contributed by atoms with Crippen LogP contribution in [0.3, 0.4) is 0 Å². The average molecular weight is 241 g/mol. The van der Waals surface area contributed by atoms with E-state index in [1.54, 1.807) is 0 Å². The molecule has 2 N–H and O–H groups in total. The third kappa shape index (κ3) is 4.75. The lowest BCUT2D eigenvalue weighted by Crippen LogP contribution is -2.45. The predicted octanol–water partition coefficient (Wildman–Crippen LogP) is 2.18. The Morgan fingerprint density at radius 1 is 1.24 bits per heavy atom. The first-order valence-corrected chi connectivity index (χ1v) is 6.32. The summed E-state index contributed by atoms with van der Waals surface area (Å²) in [4.78, 5) is 22.9. The maximum Gasteiger partial charge on any atom is 0.308 e. The highest BCUT2D eigenvalue weighted by atomic mass is 16.4. The van der Waals surface area contributed by atoms with Gasteiger partial charge in [0.25, 0.3) is 0 Å². The van der Waals surface area contributed by atoms with Gasteiger partial charge in [-0.1, -0.05) is 33.6 Å². The summed E-state index contributed by atoms with van der Waals surface area (Å²) in [5, 5.41) is 12.0.